The zero-order valence-electron chi connectivity index (χ0n) is 17.3. The molecule has 2 heterocycles. The molecule has 156 valence electrons. The van der Waals surface area contributed by atoms with Gasteiger partial charge in [0.25, 0.3) is 0 Å². The molecule has 0 N–H and O–H groups in total. The maximum Gasteiger partial charge on any atom is 0.247 e. The highest BCUT2D eigenvalue weighted by molar-refractivity contribution is 7.99. The van der Waals surface area contributed by atoms with Crippen molar-refractivity contribution in [3.63, 3.8) is 0 Å². The van der Waals surface area contributed by atoms with Crippen LogP contribution in [-0.4, -0.2) is 26.8 Å². The second-order valence-electron chi connectivity index (χ2n) is 7.03. The molecule has 1 aliphatic heterocycles. The molecule has 4 rings (SSSR count). The van der Waals surface area contributed by atoms with Crippen molar-refractivity contribution in [3.8, 4) is 23.2 Å². The third-order valence-electron chi connectivity index (χ3n) is 4.93. The molecule has 2 aromatic carbocycles. The van der Waals surface area contributed by atoms with Crippen LogP contribution in [0.2, 0.25) is 0 Å². The van der Waals surface area contributed by atoms with Gasteiger partial charge in [-0.2, -0.15) is 10.2 Å². The monoisotopic (exact) mass is 431 g/mol. The summed E-state index contributed by atoms with van der Waals surface area (Å²) >= 11 is 1.52. The highest BCUT2D eigenvalue weighted by Gasteiger charge is 2.35. The molecule has 0 saturated carbocycles. The average Bonchev–Trinajstić information content (AvgIpc) is 2.93. The molecule has 1 atom stereocenters. The van der Waals surface area contributed by atoms with Gasteiger partial charge in [0.2, 0.25) is 23.2 Å². The van der Waals surface area contributed by atoms with Gasteiger partial charge in [-0.25, -0.2) is 0 Å². The molecule has 0 radical (unpaired) electrons. The van der Waals surface area contributed by atoms with Gasteiger partial charge in [0, 0.05) is 23.8 Å². The lowest BCUT2D eigenvalue weighted by atomic mass is 10.0. The number of carbonyl (C=O) groups is 1. The van der Waals surface area contributed by atoms with E-state index in [1.165, 1.54) is 18.7 Å². The van der Waals surface area contributed by atoms with Crippen LogP contribution in [0.5, 0.6) is 5.88 Å². The molecule has 1 amide bonds. The van der Waals surface area contributed by atoms with E-state index in [4.69, 9.17) is 4.74 Å². The number of hydrogen-bond donors (Lipinski definition) is 0. The van der Waals surface area contributed by atoms with Gasteiger partial charge in [-0.15, -0.1) is 10.2 Å². The van der Waals surface area contributed by atoms with Crippen LogP contribution in [0, 0.1) is 11.3 Å². The van der Waals surface area contributed by atoms with Crippen molar-refractivity contribution in [2.45, 2.75) is 38.1 Å². The second-order valence-corrected chi connectivity index (χ2v) is 8.09. The number of amides is 1. The Morgan fingerprint density at radius 2 is 1.97 bits per heavy atom. The molecular weight excluding hydrogens is 410 g/mol. The van der Waals surface area contributed by atoms with Crippen molar-refractivity contribution in [1.29, 1.82) is 5.26 Å². The van der Waals surface area contributed by atoms with E-state index < -0.39 is 6.23 Å². The van der Waals surface area contributed by atoms with Crippen LogP contribution in [0.3, 0.4) is 0 Å². The minimum atomic E-state index is -0.860. The average molecular weight is 432 g/mol. The lowest BCUT2D eigenvalue weighted by Gasteiger charge is -2.30. The molecule has 7 nitrogen and oxygen atoms in total. The molecule has 31 heavy (non-hydrogen) atoms. The molecule has 0 fully saturated rings. The number of aromatic nitrogens is 3. The van der Waals surface area contributed by atoms with E-state index >= 15 is 0 Å². The van der Waals surface area contributed by atoms with E-state index in [2.05, 4.69) is 28.2 Å². The number of nitrogens with zero attached hydrogens (tertiary/aromatic N) is 5. The first-order chi connectivity index (χ1) is 15.1. The lowest BCUT2D eigenvalue weighted by Crippen LogP contribution is -2.36. The summed E-state index contributed by atoms with van der Waals surface area (Å²) in [6.07, 6.45) is 1.27. The van der Waals surface area contributed by atoms with Crippen LogP contribution >= 0.6 is 11.8 Å². The fraction of sp³-hybridized carbons (Fsp3) is 0.261. The fourth-order valence-corrected chi connectivity index (χ4v) is 4.30. The van der Waals surface area contributed by atoms with Crippen LogP contribution in [0.4, 0.5) is 5.69 Å². The Morgan fingerprint density at radius 3 is 2.74 bits per heavy atom. The summed E-state index contributed by atoms with van der Waals surface area (Å²) in [5.41, 5.74) is 2.82. The van der Waals surface area contributed by atoms with Gasteiger partial charge < -0.3 is 4.74 Å². The van der Waals surface area contributed by atoms with Gasteiger partial charge in [-0.3, -0.25) is 9.69 Å². The minimum absolute atomic E-state index is 0.219. The SMILES string of the molecule is CCCCSc1nnc2c(n1)O[C@H](c1ccccc1C#N)N(C(C)=O)c1ccccc1-2. The highest BCUT2D eigenvalue weighted by Crippen LogP contribution is 2.43. The number of carbonyl (C=O) groups excluding carboxylic acids is 1. The molecule has 0 saturated heterocycles. The van der Waals surface area contributed by atoms with E-state index in [0.29, 0.717) is 39.1 Å². The van der Waals surface area contributed by atoms with Gasteiger partial charge in [-0.1, -0.05) is 61.5 Å². The summed E-state index contributed by atoms with van der Waals surface area (Å²) in [5.74, 6) is 0.958. The highest BCUT2D eigenvalue weighted by atomic mass is 32.2. The zero-order valence-corrected chi connectivity index (χ0v) is 18.1. The Bertz CT molecular complexity index is 1160. The zero-order chi connectivity index (χ0) is 21.8. The van der Waals surface area contributed by atoms with Crippen molar-refractivity contribution >= 4 is 23.4 Å². The molecular formula is C23H21N5O2S. The van der Waals surface area contributed by atoms with E-state index in [1.54, 1.807) is 23.1 Å². The normalized spacial score (nSPS) is 14.6. The Labute approximate surface area is 185 Å². The van der Waals surface area contributed by atoms with E-state index in [0.717, 1.165) is 18.6 Å². The number of fused-ring (bicyclic) bond motifs is 3. The minimum Gasteiger partial charge on any atom is -0.447 e. The topological polar surface area (TPSA) is 92.0 Å². The first kappa shape index (κ1) is 20.8. The van der Waals surface area contributed by atoms with Crippen molar-refractivity contribution in [3.05, 3.63) is 59.7 Å². The van der Waals surface area contributed by atoms with Crippen LogP contribution in [-0.2, 0) is 4.79 Å². The molecule has 3 aromatic rings. The third-order valence-corrected chi connectivity index (χ3v) is 5.85. The second kappa shape index (κ2) is 9.14. The summed E-state index contributed by atoms with van der Waals surface area (Å²) in [7, 11) is 0. The predicted octanol–water partition coefficient (Wildman–Crippen LogP) is 4.75. The first-order valence-electron chi connectivity index (χ1n) is 10.1. The number of para-hydroxylation sites is 1. The van der Waals surface area contributed by atoms with Gasteiger partial charge in [0.15, 0.2) is 5.69 Å². The number of hydrogen-bond acceptors (Lipinski definition) is 7. The van der Waals surface area contributed by atoms with Crippen LogP contribution in [0.25, 0.3) is 11.3 Å². The van der Waals surface area contributed by atoms with Crippen molar-refractivity contribution in [2.75, 3.05) is 10.7 Å². The number of ether oxygens (including phenoxy) is 1. The number of rotatable bonds is 5. The molecule has 0 unspecified atom stereocenters. The van der Waals surface area contributed by atoms with Gasteiger partial charge in [-0.05, 0) is 18.6 Å². The number of nitriles is 1. The molecule has 0 aliphatic carbocycles. The number of benzene rings is 2. The maximum atomic E-state index is 12.8. The maximum absolute atomic E-state index is 12.8. The summed E-state index contributed by atoms with van der Waals surface area (Å²) in [5, 5.41) is 18.8. The van der Waals surface area contributed by atoms with Crippen molar-refractivity contribution < 1.29 is 9.53 Å². The molecule has 8 heteroatoms. The lowest BCUT2D eigenvalue weighted by molar-refractivity contribution is -0.118. The van der Waals surface area contributed by atoms with E-state index in [1.807, 2.05) is 30.3 Å². The predicted molar refractivity (Wildman–Crippen MR) is 119 cm³/mol. The van der Waals surface area contributed by atoms with Gasteiger partial charge >= 0.3 is 0 Å². The smallest absolute Gasteiger partial charge is 0.247 e. The van der Waals surface area contributed by atoms with Crippen LogP contribution in [0.1, 0.15) is 44.0 Å². The Kier molecular flexibility index (Phi) is 6.14. The number of unbranched alkanes of at least 4 members (excludes halogenated alkanes) is 1. The largest absolute Gasteiger partial charge is 0.447 e. The van der Waals surface area contributed by atoms with E-state index in [9.17, 15) is 10.1 Å². The van der Waals surface area contributed by atoms with Gasteiger partial charge in [0.1, 0.15) is 0 Å². The van der Waals surface area contributed by atoms with Crippen LogP contribution in [0.15, 0.2) is 53.7 Å². The Balaban J connectivity index is 1.89. The third kappa shape index (κ3) is 4.09. The number of thioether (sulfide) groups is 1. The number of anilines is 1. The first-order valence-corrected chi connectivity index (χ1v) is 11.0. The summed E-state index contributed by atoms with van der Waals surface area (Å²) in [6, 6.07) is 16.7. The van der Waals surface area contributed by atoms with Crippen molar-refractivity contribution in [1.82, 2.24) is 15.2 Å². The quantitative estimate of drug-likeness (QED) is 0.425. The van der Waals surface area contributed by atoms with Crippen molar-refractivity contribution in [2.24, 2.45) is 0 Å². The summed E-state index contributed by atoms with van der Waals surface area (Å²) < 4.78 is 6.32. The molecule has 0 spiro atoms. The molecule has 1 aliphatic rings. The molecule has 0 bridgehead atoms. The summed E-state index contributed by atoms with van der Waals surface area (Å²) in [4.78, 5) is 18.9. The Hall–Kier alpha value is -3.44. The van der Waals surface area contributed by atoms with Crippen LogP contribution < -0.4 is 9.64 Å². The standard InChI is InChI=1S/C23H21N5O2S/c1-3-4-13-31-23-25-21-20(26-27-23)18-11-7-8-12-19(18)28(15(2)29)22(30-21)17-10-6-5-9-16(17)14-24/h5-12,22H,3-4,13H2,1-2H3/t22-/m1/s1. The summed E-state index contributed by atoms with van der Waals surface area (Å²) in [6.45, 7) is 3.60. The fourth-order valence-electron chi connectivity index (χ4n) is 3.44. The van der Waals surface area contributed by atoms with E-state index in [-0.39, 0.29) is 5.91 Å². The Morgan fingerprint density at radius 1 is 1.19 bits per heavy atom. The molecule has 1 aromatic heterocycles. The van der Waals surface area contributed by atoms with Gasteiger partial charge in [0.05, 0.1) is 17.3 Å².